The van der Waals surface area contributed by atoms with Crippen LogP contribution in [0.5, 0.6) is 0 Å². The molecule has 2 atom stereocenters. The van der Waals surface area contributed by atoms with E-state index in [0.717, 1.165) is 18.7 Å². The highest BCUT2D eigenvalue weighted by Crippen LogP contribution is 2.21. The lowest BCUT2D eigenvalue weighted by molar-refractivity contribution is 0.153. The highest BCUT2D eigenvalue weighted by molar-refractivity contribution is 5.17. The van der Waals surface area contributed by atoms with Gasteiger partial charge in [-0.15, -0.1) is 0 Å². The van der Waals surface area contributed by atoms with E-state index < -0.39 is 0 Å². The van der Waals surface area contributed by atoms with Gasteiger partial charge in [-0.25, -0.2) is 4.39 Å². The summed E-state index contributed by atoms with van der Waals surface area (Å²) >= 11 is 0. The molecule has 3 heteroatoms. The van der Waals surface area contributed by atoms with Gasteiger partial charge in [0.1, 0.15) is 5.82 Å². The van der Waals surface area contributed by atoms with E-state index in [1.165, 1.54) is 18.9 Å². The second-order valence-electron chi connectivity index (χ2n) is 5.09. The summed E-state index contributed by atoms with van der Waals surface area (Å²) in [7, 11) is 0. The number of nitrogens with two attached hydrogens (primary N) is 1. The Labute approximate surface area is 103 Å². The van der Waals surface area contributed by atoms with Crippen molar-refractivity contribution >= 4 is 0 Å². The van der Waals surface area contributed by atoms with Gasteiger partial charge < -0.3 is 5.73 Å². The molecule has 1 aromatic carbocycles. The molecule has 0 bridgehead atoms. The second kappa shape index (κ2) is 5.61. The summed E-state index contributed by atoms with van der Waals surface area (Å²) in [5.74, 6) is 0.450. The van der Waals surface area contributed by atoms with Gasteiger partial charge in [0.2, 0.25) is 0 Å². The van der Waals surface area contributed by atoms with Crippen molar-refractivity contribution in [1.29, 1.82) is 0 Å². The van der Waals surface area contributed by atoms with Gasteiger partial charge in [-0.3, -0.25) is 4.90 Å². The van der Waals surface area contributed by atoms with Crippen molar-refractivity contribution in [2.75, 3.05) is 13.1 Å². The summed E-state index contributed by atoms with van der Waals surface area (Å²) in [6.45, 7) is 4.82. The maximum absolute atomic E-state index is 13.5. The average molecular weight is 236 g/mol. The van der Waals surface area contributed by atoms with E-state index in [2.05, 4.69) is 11.8 Å². The third-order valence-corrected chi connectivity index (χ3v) is 3.64. The summed E-state index contributed by atoms with van der Waals surface area (Å²) < 4.78 is 13.5. The Kier molecular flexibility index (Phi) is 4.13. The molecule has 94 valence electrons. The third kappa shape index (κ3) is 3.27. The highest BCUT2D eigenvalue weighted by Gasteiger charge is 2.22. The molecule has 0 aromatic heterocycles. The Morgan fingerprint density at radius 2 is 2.24 bits per heavy atom. The first-order chi connectivity index (χ1) is 8.16. The fraction of sp³-hybridized carbons (Fsp3) is 0.571. The fourth-order valence-corrected chi connectivity index (χ4v) is 2.53. The van der Waals surface area contributed by atoms with E-state index >= 15 is 0 Å². The van der Waals surface area contributed by atoms with Crippen LogP contribution in [0.15, 0.2) is 24.3 Å². The van der Waals surface area contributed by atoms with Crippen LogP contribution in [0.3, 0.4) is 0 Å². The number of benzene rings is 1. The van der Waals surface area contributed by atoms with Crippen molar-refractivity contribution in [1.82, 2.24) is 4.90 Å². The van der Waals surface area contributed by atoms with Crippen LogP contribution in [0.4, 0.5) is 4.39 Å². The Morgan fingerprint density at radius 1 is 1.47 bits per heavy atom. The van der Waals surface area contributed by atoms with E-state index in [4.69, 9.17) is 5.73 Å². The molecule has 0 aliphatic carbocycles. The normalized spacial score (nSPS) is 23.6. The first kappa shape index (κ1) is 12.5. The standard InChI is InChI=1S/C14H21FN2/c1-11(16)12-6-4-8-17(9-12)10-13-5-2-3-7-14(13)15/h2-3,5,7,11-12H,4,6,8-10,16H2,1H3. The molecule has 1 aliphatic heterocycles. The quantitative estimate of drug-likeness (QED) is 0.873. The van der Waals surface area contributed by atoms with Crippen molar-refractivity contribution in [3.05, 3.63) is 35.6 Å². The Balaban J connectivity index is 1.97. The number of halogens is 1. The van der Waals surface area contributed by atoms with Crippen LogP contribution in [0, 0.1) is 11.7 Å². The van der Waals surface area contributed by atoms with Crippen LogP contribution in [-0.4, -0.2) is 24.0 Å². The van der Waals surface area contributed by atoms with Crippen LogP contribution >= 0.6 is 0 Å². The van der Waals surface area contributed by atoms with Gasteiger partial charge in [-0.2, -0.15) is 0 Å². The van der Waals surface area contributed by atoms with E-state index in [1.807, 2.05) is 12.1 Å². The second-order valence-corrected chi connectivity index (χ2v) is 5.09. The largest absolute Gasteiger partial charge is 0.328 e. The molecule has 2 unspecified atom stereocenters. The topological polar surface area (TPSA) is 29.3 Å². The molecule has 2 N–H and O–H groups in total. The lowest BCUT2D eigenvalue weighted by Gasteiger charge is -2.34. The monoisotopic (exact) mass is 236 g/mol. The van der Waals surface area contributed by atoms with Crippen molar-refractivity contribution in [3.63, 3.8) is 0 Å². The van der Waals surface area contributed by atoms with Crippen molar-refractivity contribution in [2.24, 2.45) is 11.7 Å². The Bertz CT molecular complexity index is 365. The molecule has 2 rings (SSSR count). The fourth-order valence-electron chi connectivity index (χ4n) is 2.53. The van der Waals surface area contributed by atoms with Gasteiger partial charge in [0.05, 0.1) is 0 Å². The van der Waals surface area contributed by atoms with Gasteiger partial charge in [0.15, 0.2) is 0 Å². The Morgan fingerprint density at radius 3 is 2.94 bits per heavy atom. The number of hydrogen-bond donors (Lipinski definition) is 1. The van der Waals surface area contributed by atoms with Gasteiger partial charge in [-0.1, -0.05) is 18.2 Å². The maximum Gasteiger partial charge on any atom is 0.127 e. The Hall–Kier alpha value is -0.930. The number of nitrogens with zero attached hydrogens (tertiary/aromatic N) is 1. The summed E-state index contributed by atoms with van der Waals surface area (Å²) in [5, 5.41) is 0. The number of rotatable bonds is 3. The molecule has 1 aliphatic rings. The summed E-state index contributed by atoms with van der Waals surface area (Å²) in [6.07, 6.45) is 2.37. The lowest BCUT2D eigenvalue weighted by Crippen LogP contribution is -2.42. The van der Waals surface area contributed by atoms with Gasteiger partial charge in [0, 0.05) is 24.7 Å². The van der Waals surface area contributed by atoms with Crippen LogP contribution in [0.25, 0.3) is 0 Å². The number of likely N-dealkylation sites (tertiary alicyclic amines) is 1. The molecule has 1 saturated heterocycles. The maximum atomic E-state index is 13.5. The summed E-state index contributed by atoms with van der Waals surface area (Å²) in [5.41, 5.74) is 6.74. The third-order valence-electron chi connectivity index (χ3n) is 3.64. The smallest absolute Gasteiger partial charge is 0.127 e. The van der Waals surface area contributed by atoms with Crippen LogP contribution in [0.2, 0.25) is 0 Å². The van der Waals surface area contributed by atoms with Crippen molar-refractivity contribution in [2.45, 2.75) is 32.4 Å². The minimum Gasteiger partial charge on any atom is -0.328 e. The van der Waals surface area contributed by atoms with Crippen LogP contribution < -0.4 is 5.73 Å². The molecule has 0 amide bonds. The van der Waals surface area contributed by atoms with Crippen LogP contribution in [0.1, 0.15) is 25.3 Å². The van der Waals surface area contributed by atoms with Crippen molar-refractivity contribution in [3.8, 4) is 0 Å². The van der Waals surface area contributed by atoms with Gasteiger partial charge in [-0.05, 0) is 38.3 Å². The highest BCUT2D eigenvalue weighted by atomic mass is 19.1. The van der Waals surface area contributed by atoms with Gasteiger partial charge in [0.25, 0.3) is 0 Å². The minimum absolute atomic E-state index is 0.101. The molecule has 0 spiro atoms. The first-order valence-corrected chi connectivity index (χ1v) is 6.38. The zero-order valence-corrected chi connectivity index (χ0v) is 10.4. The molecule has 1 heterocycles. The molecular formula is C14H21FN2. The van der Waals surface area contributed by atoms with E-state index in [0.29, 0.717) is 12.5 Å². The predicted molar refractivity (Wildman–Crippen MR) is 68.1 cm³/mol. The summed E-state index contributed by atoms with van der Waals surface area (Å²) in [4.78, 5) is 2.32. The summed E-state index contributed by atoms with van der Waals surface area (Å²) in [6, 6.07) is 7.26. The zero-order chi connectivity index (χ0) is 12.3. The molecular weight excluding hydrogens is 215 g/mol. The van der Waals surface area contributed by atoms with Crippen LogP contribution in [-0.2, 0) is 6.54 Å². The molecule has 0 saturated carbocycles. The van der Waals surface area contributed by atoms with Gasteiger partial charge >= 0.3 is 0 Å². The SMILES string of the molecule is CC(N)C1CCCN(Cc2ccccc2F)C1. The lowest BCUT2D eigenvalue weighted by atomic mass is 9.92. The molecule has 0 radical (unpaired) electrons. The first-order valence-electron chi connectivity index (χ1n) is 6.38. The molecule has 17 heavy (non-hydrogen) atoms. The zero-order valence-electron chi connectivity index (χ0n) is 10.4. The van der Waals surface area contributed by atoms with Crippen molar-refractivity contribution < 1.29 is 4.39 Å². The molecule has 1 fully saturated rings. The number of piperidine rings is 1. The predicted octanol–water partition coefficient (Wildman–Crippen LogP) is 2.38. The average Bonchev–Trinajstić information content (AvgIpc) is 2.32. The van der Waals surface area contributed by atoms with E-state index in [-0.39, 0.29) is 11.9 Å². The van der Waals surface area contributed by atoms with E-state index in [1.54, 1.807) is 6.07 Å². The number of hydrogen-bond acceptors (Lipinski definition) is 2. The van der Waals surface area contributed by atoms with E-state index in [9.17, 15) is 4.39 Å². The molecule has 1 aromatic rings. The minimum atomic E-state index is -0.101. The molecule has 2 nitrogen and oxygen atoms in total.